The van der Waals surface area contributed by atoms with Gasteiger partial charge in [0.05, 0.1) is 5.02 Å². The first-order valence-electron chi connectivity index (χ1n) is 6.15. The SMILES string of the molecule is CC(C)CC1(Cc2ccc(F)c(Cl)c2)CNC1. The summed E-state index contributed by atoms with van der Waals surface area (Å²) >= 11 is 5.82. The van der Waals surface area contributed by atoms with Gasteiger partial charge in [-0.2, -0.15) is 0 Å². The van der Waals surface area contributed by atoms with Crippen molar-refractivity contribution in [3.8, 4) is 0 Å². The van der Waals surface area contributed by atoms with E-state index < -0.39 is 0 Å². The van der Waals surface area contributed by atoms with E-state index in [0.29, 0.717) is 11.3 Å². The summed E-state index contributed by atoms with van der Waals surface area (Å²) in [6.07, 6.45) is 2.19. The van der Waals surface area contributed by atoms with E-state index in [1.807, 2.05) is 6.07 Å². The first-order valence-corrected chi connectivity index (χ1v) is 6.53. The fourth-order valence-electron chi connectivity index (χ4n) is 2.77. The molecule has 0 aromatic heterocycles. The van der Waals surface area contributed by atoms with Crippen LogP contribution in [0.5, 0.6) is 0 Å². The number of hydrogen-bond donors (Lipinski definition) is 1. The number of halogens is 2. The van der Waals surface area contributed by atoms with Gasteiger partial charge in [0.25, 0.3) is 0 Å². The van der Waals surface area contributed by atoms with Crippen molar-refractivity contribution in [3.05, 3.63) is 34.6 Å². The van der Waals surface area contributed by atoms with E-state index in [1.165, 1.54) is 12.5 Å². The molecule has 3 heteroatoms. The highest BCUT2D eigenvalue weighted by Crippen LogP contribution is 2.35. The zero-order valence-electron chi connectivity index (χ0n) is 10.4. The minimum atomic E-state index is -0.333. The Labute approximate surface area is 107 Å². The van der Waals surface area contributed by atoms with Crippen molar-refractivity contribution in [2.75, 3.05) is 13.1 Å². The maximum Gasteiger partial charge on any atom is 0.141 e. The minimum Gasteiger partial charge on any atom is -0.316 e. The molecular formula is C14H19ClFN. The van der Waals surface area contributed by atoms with Crippen molar-refractivity contribution in [2.45, 2.75) is 26.7 Å². The zero-order valence-corrected chi connectivity index (χ0v) is 11.1. The summed E-state index contributed by atoms with van der Waals surface area (Å²) in [4.78, 5) is 0. The Kier molecular flexibility index (Phi) is 3.74. The summed E-state index contributed by atoms with van der Waals surface area (Å²) in [5.41, 5.74) is 1.48. The second-order valence-electron chi connectivity index (χ2n) is 5.63. The van der Waals surface area contributed by atoms with Gasteiger partial charge in [-0.25, -0.2) is 4.39 Å². The fraction of sp³-hybridized carbons (Fsp3) is 0.571. The van der Waals surface area contributed by atoms with Crippen LogP contribution >= 0.6 is 11.6 Å². The van der Waals surface area contributed by atoms with E-state index in [1.54, 1.807) is 6.07 Å². The van der Waals surface area contributed by atoms with E-state index in [9.17, 15) is 4.39 Å². The maximum absolute atomic E-state index is 13.1. The molecule has 0 amide bonds. The molecule has 1 fully saturated rings. The van der Waals surface area contributed by atoms with E-state index >= 15 is 0 Å². The van der Waals surface area contributed by atoms with Gasteiger partial charge >= 0.3 is 0 Å². The molecule has 17 heavy (non-hydrogen) atoms. The van der Waals surface area contributed by atoms with Crippen molar-refractivity contribution in [1.82, 2.24) is 5.32 Å². The summed E-state index contributed by atoms with van der Waals surface area (Å²) in [5.74, 6) is 0.355. The van der Waals surface area contributed by atoms with Crippen LogP contribution in [0, 0.1) is 17.2 Å². The molecule has 1 aliphatic heterocycles. The number of benzene rings is 1. The topological polar surface area (TPSA) is 12.0 Å². The third-order valence-electron chi connectivity index (χ3n) is 3.40. The summed E-state index contributed by atoms with van der Waals surface area (Å²) < 4.78 is 13.1. The van der Waals surface area contributed by atoms with Crippen LogP contribution in [0.1, 0.15) is 25.8 Å². The van der Waals surface area contributed by atoms with Crippen LogP contribution in [0.15, 0.2) is 18.2 Å². The second kappa shape index (κ2) is 4.95. The summed E-state index contributed by atoms with van der Waals surface area (Å²) in [6, 6.07) is 5.08. The lowest BCUT2D eigenvalue weighted by atomic mass is 9.71. The van der Waals surface area contributed by atoms with Crippen molar-refractivity contribution in [3.63, 3.8) is 0 Å². The molecule has 1 nitrogen and oxygen atoms in total. The van der Waals surface area contributed by atoms with Crippen LogP contribution in [-0.2, 0) is 6.42 Å². The quantitative estimate of drug-likeness (QED) is 0.866. The van der Waals surface area contributed by atoms with Gasteiger partial charge in [-0.05, 0) is 41.9 Å². The zero-order chi connectivity index (χ0) is 12.5. The average Bonchev–Trinajstić information content (AvgIpc) is 2.19. The Morgan fingerprint density at radius 3 is 2.59 bits per heavy atom. The Balaban J connectivity index is 2.10. The molecule has 1 saturated heterocycles. The molecule has 94 valence electrons. The van der Waals surface area contributed by atoms with E-state index in [4.69, 9.17) is 11.6 Å². The molecule has 1 heterocycles. The van der Waals surface area contributed by atoms with Crippen LogP contribution in [0.2, 0.25) is 5.02 Å². The van der Waals surface area contributed by atoms with Crippen LogP contribution in [0.4, 0.5) is 4.39 Å². The monoisotopic (exact) mass is 255 g/mol. The molecule has 1 aromatic carbocycles. The van der Waals surface area contributed by atoms with Gasteiger partial charge in [-0.3, -0.25) is 0 Å². The Hall–Kier alpha value is -0.600. The molecule has 0 saturated carbocycles. The molecule has 0 unspecified atom stereocenters. The smallest absolute Gasteiger partial charge is 0.141 e. The Bertz CT molecular complexity index is 399. The standard InChI is InChI=1S/C14H19ClFN/c1-10(2)6-14(8-17-9-14)7-11-3-4-13(16)12(15)5-11/h3-5,10,17H,6-9H2,1-2H3. The van der Waals surface area contributed by atoms with Crippen molar-refractivity contribution in [2.24, 2.45) is 11.3 Å². The van der Waals surface area contributed by atoms with E-state index in [-0.39, 0.29) is 10.8 Å². The lowest BCUT2D eigenvalue weighted by molar-refractivity contribution is 0.131. The van der Waals surface area contributed by atoms with Crippen molar-refractivity contribution >= 4 is 11.6 Å². The summed E-state index contributed by atoms with van der Waals surface area (Å²) in [7, 11) is 0. The van der Waals surface area contributed by atoms with Crippen LogP contribution < -0.4 is 5.32 Å². The molecule has 1 N–H and O–H groups in total. The van der Waals surface area contributed by atoms with Gasteiger partial charge in [0.2, 0.25) is 0 Å². The molecule has 0 aliphatic carbocycles. The van der Waals surface area contributed by atoms with Gasteiger partial charge in [-0.1, -0.05) is 31.5 Å². The normalized spacial score (nSPS) is 18.2. The van der Waals surface area contributed by atoms with Crippen LogP contribution in [0.25, 0.3) is 0 Å². The summed E-state index contributed by atoms with van der Waals surface area (Å²) in [5, 5.41) is 3.58. The fourth-order valence-corrected chi connectivity index (χ4v) is 2.97. The molecule has 2 rings (SSSR count). The lowest BCUT2D eigenvalue weighted by Gasteiger charge is -2.44. The highest BCUT2D eigenvalue weighted by molar-refractivity contribution is 6.30. The molecular weight excluding hydrogens is 237 g/mol. The highest BCUT2D eigenvalue weighted by Gasteiger charge is 2.37. The number of nitrogens with one attached hydrogen (secondary N) is 1. The van der Waals surface area contributed by atoms with E-state index in [2.05, 4.69) is 19.2 Å². The van der Waals surface area contributed by atoms with Gasteiger partial charge in [0.15, 0.2) is 0 Å². The van der Waals surface area contributed by atoms with Crippen LogP contribution in [0.3, 0.4) is 0 Å². The minimum absolute atomic E-state index is 0.231. The largest absolute Gasteiger partial charge is 0.316 e. The van der Waals surface area contributed by atoms with E-state index in [0.717, 1.165) is 25.1 Å². The average molecular weight is 256 g/mol. The Morgan fingerprint density at radius 2 is 2.12 bits per heavy atom. The third kappa shape index (κ3) is 2.99. The second-order valence-corrected chi connectivity index (χ2v) is 6.03. The highest BCUT2D eigenvalue weighted by atomic mass is 35.5. The van der Waals surface area contributed by atoms with Gasteiger partial charge in [0, 0.05) is 13.1 Å². The molecule has 0 spiro atoms. The molecule has 0 radical (unpaired) electrons. The summed E-state index contributed by atoms with van der Waals surface area (Å²) in [6.45, 7) is 6.61. The van der Waals surface area contributed by atoms with Gasteiger partial charge < -0.3 is 5.32 Å². The number of rotatable bonds is 4. The molecule has 1 aromatic rings. The van der Waals surface area contributed by atoms with Crippen molar-refractivity contribution < 1.29 is 4.39 Å². The molecule has 0 bridgehead atoms. The number of hydrogen-bond acceptors (Lipinski definition) is 1. The van der Waals surface area contributed by atoms with Crippen LogP contribution in [-0.4, -0.2) is 13.1 Å². The first-order chi connectivity index (χ1) is 8.01. The molecule has 1 aliphatic rings. The maximum atomic E-state index is 13.1. The third-order valence-corrected chi connectivity index (χ3v) is 3.69. The molecule has 0 atom stereocenters. The van der Waals surface area contributed by atoms with Gasteiger partial charge in [-0.15, -0.1) is 0 Å². The first kappa shape index (κ1) is 12.8. The predicted octanol–water partition coefficient (Wildman–Crippen LogP) is 3.66. The van der Waals surface area contributed by atoms with Gasteiger partial charge in [0.1, 0.15) is 5.82 Å². The van der Waals surface area contributed by atoms with Crippen molar-refractivity contribution in [1.29, 1.82) is 0 Å². The predicted molar refractivity (Wildman–Crippen MR) is 69.9 cm³/mol. The Morgan fingerprint density at radius 1 is 1.41 bits per heavy atom. The lowest BCUT2D eigenvalue weighted by Crippen LogP contribution is -2.55.